The molecular weight excluding hydrogens is 158 g/mol. The van der Waals surface area contributed by atoms with E-state index in [2.05, 4.69) is 38.9 Å². The van der Waals surface area contributed by atoms with Gasteiger partial charge >= 0.3 is 0 Å². The number of nitrogens with one attached hydrogen (secondary N) is 1. The van der Waals surface area contributed by atoms with Crippen LogP contribution in [-0.4, -0.2) is 12.1 Å². The molecule has 0 aliphatic carbocycles. The van der Waals surface area contributed by atoms with Gasteiger partial charge in [0, 0.05) is 6.04 Å². The Hall–Kier alpha value is -0.480. The summed E-state index contributed by atoms with van der Waals surface area (Å²) >= 11 is 0. The van der Waals surface area contributed by atoms with Crippen LogP contribution in [0.25, 0.3) is 0 Å². The van der Waals surface area contributed by atoms with Gasteiger partial charge in [-0.05, 0) is 18.8 Å². The lowest BCUT2D eigenvalue weighted by atomic mass is 10.00. The number of hydrogen-bond acceptors (Lipinski definition) is 1. The maximum atomic E-state index is 5.45. The fourth-order valence-electron chi connectivity index (χ4n) is 1.54. The molecule has 0 saturated heterocycles. The zero-order valence-corrected chi connectivity index (χ0v) is 9.43. The molecule has 76 valence electrons. The van der Waals surface area contributed by atoms with Crippen molar-refractivity contribution in [1.29, 1.82) is 0 Å². The third-order valence-corrected chi connectivity index (χ3v) is 2.44. The average Bonchev–Trinajstić information content (AvgIpc) is 2.11. The molecule has 0 aliphatic heterocycles. The third kappa shape index (κ3) is 4.95. The minimum atomic E-state index is 0.261. The Morgan fingerprint density at radius 1 is 1.31 bits per heavy atom. The van der Waals surface area contributed by atoms with Crippen molar-refractivity contribution in [3.05, 3.63) is 0 Å². The Bertz CT molecular complexity index is 155. The first-order valence-electron chi connectivity index (χ1n) is 5.37. The Morgan fingerprint density at radius 3 is 2.23 bits per heavy atom. The standard InChI is InChI=1S/C12H23N/c1-6-9-11(7-2)13-12(8-3)10(4)5/h2,10-13H,6,8-9H2,1,3-5H3. The Labute approximate surface area is 83.3 Å². The normalized spacial score (nSPS) is 15.4. The Kier molecular flexibility index (Phi) is 6.72. The smallest absolute Gasteiger partial charge is 0.0689 e. The number of terminal acetylenes is 1. The largest absolute Gasteiger partial charge is 0.301 e. The van der Waals surface area contributed by atoms with Crippen molar-refractivity contribution in [2.75, 3.05) is 0 Å². The second kappa shape index (κ2) is 6.97. The van der Waals surface area contributed by atoms with Gasteiger partial charge in [0.1, 0.15) is 0 Å². The van der Waals surface area contributed by atoms with E-state index in [1.165, 1.54) is 0 Å². The van der Waals surface area contributed by atoms with E-state index >= 15 is 0 Å². The van der Waals surface area contributed by atoms with Crippen LogP contribution in [0, 0.1) is 18.3 Å². The maximum Gasteiger partial charge on any atom is 0.0689 e. The van der Waals surface area contributed by atoms with Crippen LogP contribution < -0.4 is 5.32 Å². The summed E-state index contributed by atoms with van der Waals surface area (Å²) in [6.45, 7) is 8.85. The molecule has 0 aliphatic rings. The number of hydrogen-bond donors (Lipinski definition) is 1. The van der Waals surface area contributed by atoms with Crippen molar-refractivity contribution in [3.63, 3.8) is 0 Å². The predicted molar refractivity (Wildman–Crippen MR) is 59.6 cm³/mol. The highest BCUT2D eigenvalue weighted by molar-refractivity contribution is 4.99. The van der Waals surface area contributed by atoms with E-state index in [-0.39, 0.29) is 6.04 Å². The summed E-state index contributed by atoms with van der Waals surface area (Å²) in [5.41, 5.74) is 0. The summed E-state index contributed by atoms with van der Waals surface area (Å²) in [4.78, 5) is 0. The van der Waals surface area contributed by atoms with Gasteiger partial charge in [0.05, 0.1) is 6.04 Å². The van der Waals surface area contributed by atoms with E-state index in [4.69, 9.17) is 6.42 Å². The summed E-state index contributed by atoms with van der Waals surface area (Å²) in [7, 11) is 0. The SMILES string of the molecule is C#CC(CCC)NC(CC)C(C)C. The van der Waals surface area contributed by atoms with Crippen LogP contribution >= 0.6 is 0 Å². The van der Waals surface area contributed by atoms with Crippen molar-refractivity contribution in [2.45, 2.75) is 59.0 Å². The predicted octanol–water partition coefficient (Wildman–Crippen LogP) is 2.81. The topological polar surface area (TPSA) is 12.0 Å². The minimum Gasteiger partial charge on any atom is -0.301 e. The van der Waals surface area contributed by atoms with E-state index in [9.17, 15) is 0 Å². The number of rotatable bonds is 6. The lowest BCUT2D eigenvalue weighted by Gasteiger charge is -2.24. The summed E-state index contributed by atoms with van der Waals surface area (Å²) < 4.78 is 0. The van der Waals surface area contributed by atoms with E-state index < -0.39 is 0 Å². The van der Waals surface area contributed by atoms with Gasteiger partial charge in [-0.2, -0.15) is 0 Å². The van der Waals surface area contributed by atoms with E-state index in [0.717, 1.165) is 19.3 Å². The van der Waals surface area contributed by atoms with Crippen molar-refractivity contribution < 1.29 is 0 Å². The van der Waals surface area contributed by atoms with Gasteiger partial charge in [-0.25, -0.2) is 0 Å². The van der Waals surface area contributed by atoms with Gasteiger partial charge in [0.25, 0.3) is 0 Å². The lowest BCUT2D eigenvalue weighted by molar-refractivity contribution is 0.361. The molecule has 2 atom stereocenters. The van der Waals surface area contributed by atoms with Crippen LogP contribution in [-0.2, 0) is 0 Å². The monoisotopic (exact) mass is 181 g/mol. The van der Waals surface area contributed by atoms with Crippen LogP contribution in [0.4, 0.5) is 0 Å². The van der Waals surface area contributed by atoms with Crippen LogP contribution in [0.3, 0.4) is 0 Å². The molecule has 0 heterocycles. The average molecular weight is 181 g/mol. The van der Waals surface area contributed by atoms with Crippen LogP contribution in [0.15, 0.2) is 0 Å². The van der Waals surface area contributed by atoms with Gasteiger partial charge in [-0.1, -0.05) is 40.0 Å². The molecule has 2 unspecified atom stereocenters. The molecule has 0 aromatic rings. The first-order valence-corrected chi connectivity index (χ1v) is 5.37. The quantitative estimate of drug-likeness (QED) is 0.621. The van der Waals surface area contributed by atoms with Crippen LogP contribution in [0.5, 0.6) is 0 Å². The minimum absolute atomic E-state index is 0.261. The van der Waals surface area contributed by atoms with E-state index in [0.29, 0.717) is 12.0 Å². The molecule has 1 N–H and O–H groups in total. The Morgan fingerprint density at radius 2 is 1.92 bits per heavy atom. The van der Waals surface area contributed by atoms with Gasteiger partial charge in [0.15, 0.2) is 0 Å². The zero-order valence-electron chi connectivity index (χ0n) is 9.43. The van der Waals surface area contributed by atoms with E-state index in [1.54, 1.807) is 0 Å². The molecule has 13 heavy (non-hydrogen) atoms. The fraction of sp³-hybridized carbons (Fsp3) is 0.833. The molecule has 0 bridgehead atoms. The molecule has 1 nitrogen and oxygen atoms in total. The molecule has 0 radical (unpaired) electrons. The Balaban J connectivity index is 3.97. The van der Waals surface area contributed by atoms with Gasteiger partial charge < -0.3 is 5.32 Å². The first-order chi connectivity index (χ1) is 6.15. The van der Waals surface area contributed by atoms with Gasteiger partial charge in [0.2, 0.25) is 0 Å². The fourth-order valence-corrected chi connectivity index (χ4v) is 1.54. The molecule has 0 rings (SSSR count). The van der Waals surface area contributed by atoms with Gasteiger partial charge in [-0.15, -0.1) is 6.42 Å². The van der Waals surface area contributed by atoms with Crippen LogP contribution in [0.1, 0.15) is 47.0 Å². The molecule has 0 saturated carbocycles. The van der Waals surface area contributed by atoms with Crippen LogP contribution in [0.2, 0.25) is 0 Å². The molecule has 1 heteroatoms. The van der Waals surface area contributed by atoms with Crippen molar-refractivity contribution in [1.82, 2.24) is 5.32 Å². The van der Waals surface area contributed by atoms with Gasteiger partial charge in [-0.3, -0.25) is 0 Å². The van der Waals surface area contributed by atoms with Crippen molar-refractivity contribution in [3.8, 4) is 12.3 Å². The molecular formula is C12H23N. The summed E-state index contributed by atoms with van der Waals surface area (Å²) in [5.74, 6) is 3.48. The second-order valence-corrected chi connectivity index (χ2v) is 3.93. The maximum absolute atomic E-state index is 5.45. The highest BCUT2D eigenvalue weighted by Gasteiger charge is 2.14. The molecule has 0 aromatic carbocycles. The highest BCUT2D eigenvalue weighted by atomic mass is 14.9. The highest BCUT2D eigenvalue weighted by Crippen LogP contribution is 2.08. The lowest BCUT2D eigenvalue weighted by Crippen LogP contribution is -2.40. The molecule has 0 fully saturated rings. The molecule has 0 amide bonds. The third-order valence-electron chi connectivity index (χ3n) is 2.44. The first kappa shape index (κ1) is 12.5. The van der Waals surface area contributed by atoms with Crippen molar-refractivity contribution in [2.24, 2.45) is 5.92 Å². The molecule has 0 spiro atoms. The molecule has 0 aromatic heterocycles. The summed E-state index contributed by atoms with van der Waals surface area (Å²) in [5, 5.41) is 3.52. The summed E-state index contributed by atoms with van der Waals surface area (Å²) in [6.07, 6.45) is 8.83. The second-order valence-electron chi connectivity index (χ2n) is 3.93. The zero-order chi connectivity index (χ0) is 10.3. The van der Waals surface area contributed by atoms with E-state index in [1.807, 2.05) is 0 Å². The van der Waals surface area contributed by atoms with Crippen molar-refractivity contribution >= 4 is 0 Å². The summed E-state index contributed by atoms with van der Waals surface area (Å²) in [6, 6.07) is 0.824.